The first-order chi connectivity index (χ1) is 17.3. The number of nitrogens with zero attached hydrogens (tertiary/aromatic N) is 2. The molecule has 17 nitrogen and oxygen atoms in total. The van der Waals surface area contributed by atoms with Gasteiger partial charge in [-0.3, -0.25) is 24.2 Å². The van der Waals surface area contributed by atoms with Gasteiger partial charge in [0.2, 0.25) is 17.7 Å². The standard InChI is InChI=1S/C20H33N9O8/c1-9(30)15(21)18(35)29-12(5-10-7-24-8-26-10)16(33)28-13(6-14(31)32)17(34)27-11(19(36)37)3-2-4-25-20(22)23/h7-9,11-13,15,30H,2-6,21H2,1H3,(H,24,26)(H,27,34)(H,28,33)(H,29,35)(H,31,32)(H,36,37)(H4,22,23,25). The van der Waals surface area contributed by atoms with E-state index in [0.29, 0.717) is 5.69 Å². The van der Waals surface area contributed by atoms with Crippen LogP contribution in [0.5, 0.6) is 0 Å². The zero-order valence-electron chi connectivity index (χ0n) is 20.1. The van der Waals surface area contributed by atoms with Crippen LogP contribution in [0.3, 0.4) is 0 Å². The fraction of sp³-hybridized carbons (Fsp3) is 0.550. The highest BCUT2D eigenvalue weighted by atomic mass is 16.4. The first kappa shape index (κ1) is 30.8. The number of carboxylic acids is 2. The Balaban J connectivity index is 3.02. The van der Waals surface area contributed by atoms with Crippen LogP contribution in [0.4, 0.5) is 0 Å². The van der Waals surface area contributed by atoms with Crippen LogP contribution in [0.1, 0.15) is 31.9 Å². The van der Waals surface area contributed by atoms with Crippen LogP contribution in [0.25, 0.3) is 0 Å². The van der Waals surface area contributed by atoms with Gasteiger partial charge in [0, 0.05) is 24.9 Å². The summed E-state index contributed by atoms with van der Waals surface area (Å²) in [5.41, 5.74) is 16.4. The summed E-state index contributed by atoms with van der Waals surface area (Å²) in [6.07, 6.45) is 0.551. The minimum Gasteiger partial charge on any atom is -0.481 e. The number of carbonyl (C=O) groups excluding carboxylic acids is 3. The molecule has 0 saturated carbocycles. The molecule has 1 heterocycles. The Hall–Kier alpha value is -4.25. The van der Waals surface area contributed by atoms with Gasteiger partial charge in [-0.25, -0.2) is 9.78 Å². The van der Waals surface area contributed by atoms with Gasteiger partial charge in [0.05, 0.1) is 18.9 Å². The second kappa shape index (κ2) is 15.0. The third-order valence-electron chi connectivity index (χ3n) is 5.01. The van der Waals surface area contributed by atoms with Crippen molar-refractivity contribution in [3.63, 3.8) is 0 Å². The quantitative estimate of drug-likeness (QED) is 0.0555. The maximum Gasteiger partial charge on any atom is 0.326 e. The monoisotopic (exact) mass is 527 g/mol. The van der Waals surface area contributed by atoms with Gasteiger partial charge < -0.3 is 53.5 Å². The van der Waals surface area contributed by atoms with Gasteiger partial charge in [0.15, 0.2) is 5.96 Å². The van der Waals surface area contributed by atoms with Crippen molar-refractivity contribution in [2.45, 2.75) is 62.9 Å². The number of guanidine groups is 1. The highest BCUT2D eigenvalue weighted by Gasteiger charge is 2.32. The lowest BCUT2D eigenvalue weighted by atomic mass is 10.1. The van der Waals surface area contributed by atoms with E-state index in [1.165, 1.54) is 19.4 Å². The summed E-state index contributed by atoms with van der Waals surface area (Å²) in [5.74, 6) is -5.94. The molecule has 0 bridgehead atoms. The topological polar surface area (TPSA) is 301 Å². The number of aliphatic hydroxyl groups excluding tert-OH is 1. The molecule has 3 amide bonds. The largest absolute Gasteiger partial charge is 0.481 e. The van der Waals surface area contributed by atoms with Crippen molar-refractivity contribution >= 4 is 35.6 Å². The molecule has 13 N–H and O–H groups in total. The Morgan fingerprint density at radius 2 is 1.62 bits per heavy atom. The van der Waals surface area contributed by atoms with E-state index < -0.39 is 66.4 Å². The number of H-pyrrole nitrogens is 1. The third kappa shape index (κ3) is 11.4. The number of hydrogen-bond donors (Lipinski definition) is 10. The Labute approximate surface area is 211 Å². The van der Waals surface area contributed by atoms with Crippen molar-refractivity contribution in [3.05, 3.63) is 18.2 Å². The summed E-state index contributed by atoms with van der Waals surface area (Å²) >= 11 is 0. The smallest absolute Gasteiger partial charge is 0.326 e. The summed E-state index contributed by atoms with van der Waals surface area (Å²) < 4.78 is 0. The van der Waals surface area contributed by atoms with Crippen molar-refractivity contribution in [2.75, 3.05) is 6.54 Å². The summed E-state index contributed by atoms with van der Waals surface area (Å²) in [4.78, 5) is 71.3. The maximum atomic E-state index is 13.0. The molecule has 37 heavy (non-hydrogen) atoms. The summed E-state index contributed by atoms with van der Waals surface area (Å²) in [6, 6.07) is -5.82. The molecule has 1 aromatic rings. The number of aromatic nitrogens is 2. The number of imidazole rings is 1. The molecule has 1 aromatic heterocycles. The van der Waals surface area contributed by atoms with Gasteiger partial charge in [0.1, 0.15) is 24.2 Å². The SMILES string of the molecule is CC(O)C(N)C(=O)NC(Cc1cnc[nH]1)C(=O)NC(CC(=O)O)C(=O)NC(CCCN=C(N)N)C(=O)O. The molecule has 1 rings (SSSR count). The number of carboxylic acid groups (broad SMARTS) is 2. The number of hydrogen-bond acceptors (Lipinski definition) is 9. The molecule has 206 valence electrons. The Kier molecular flexibility index (Phi) is 12.5. The van der Waals surface area contributed by atoms with Gasteiger partial charge in [0.25, 0.3) is 0 Å². The number of amides is 3. The van der Waals surface area contributed by atoms with Gasteiger partial charge >= 0.3 is 11.9 Å². The first-order valence-electron chi connectivity index (χ1n) is 11.1. The van der Waals surface area contributed by atoms with Gasteiger partial charge in [-0.1, -0.05) is 0 Å². The molecule has 5 unspecified atom stereocenters. The van der Waals surface area contributed by atoms with Crippen molar-refractivity contribution < 1.29 is 39.3 Å². The van der Waals surface area contributed by atoms with Crippen molar-refractivity contribution in [2.24, 2.45) is 22.2 Å². The molecule has 0 aliphatic heterocycles. The van der Waals surface area contributed by atoms with Crippen LogP contribution in [0.2, 0.25) is 0 Å². The molecule has 0 spiro atoms. The second-order valence-corrected chi connectivity index (χ2v) is 8.12. The Bertz CT molecular complexity index is 963. The average molecular weight is 528 g/mol. The molecular weight excluding hydrogens is 494 g/mol. The fourth-order valence-corrected chi connectivity index (χ4v) is 3.00. The zero-order valence-corrected chi connectivity index (χ0v) is 20.1. The lowest BCUT2D eigenvalue weighted by molar-refractivity contribution is -0.143. The number of nitrogens with one attached hydrogen (secondary N) is 4. The van der Waals surface area contributed by atoms with Crippen LogP contribution in [-0.4, -0.2) is 97.7 Å². The van der Waals surface area contributed by atoms with E-state index in [-0.39, 0.29) is 31.8 Å². The molecule has 0 aliphatic rings. The van der Waals surface area contributed by atoms with E-state index in [1.54, 1.807) is 0 Å². The summed E-state index contributed by atoms with van der Waals surface area (Å²) in [7, 11) is 0. The van der Waals surface area contributed by atoms with E-state index in [2.05, 4.69) is 30.9 Å². The number of carbonyl (C=O) groups is 5. The van der Waals surface area contributed by atoms with E-state index in [0.717, 1.165) is 0 Å². The number of nitrogens with two attached hydrogens (primary N) is 3. The lowest BCUT2D eigenvalue weighted by Crippen LogP contribution is -2.59. The molecule has 17 heteroatoms. The average Bonchev–Trinajstić information content (AvgIpc) is 3.31. The van der Waals surface area contributed by atoms with Crippen LogP contribution >= 0.6 is 0 Å². The summed E-state index contributed by atoms with van der Waals surface area (Å²) in [5, 5.41) is 35.0. The lowest BCUT2D eigenvalue weighted by Gasteiger charge is -2.25. The van der Waals surface area contributed by atoms with Crippen molar-refractivity contribution in [3.8, 4) is 0 Å². The maximum absolute atomic E-state index is 13.0. The predicted molar refractivity (Wildman–Crippen MR) is 128 cm³/mol. The number of aromatic amines is 1. The normalized spacial score (nSPS) is 14.8. The second-order valence-electron chi connectivity index (χ2n) is 8.12. The zero-order chi connectivity index (χ0) is 28.1. The first-order valence-corrected chi connectivity index (χ1v) is 11.1. The Morgan fingerprint density at radius 1 is 1.03 bits per heavy atom. The summed E-state index contributed by atoms with van der Waals surface area (Å²) in [6.45, 7) is 1.37. The molecule has 0 radical (unpaired) electrons. The van der Waals surface area contributed by atoms with Gasteiger partial charge in [-0.05, 0) is 19.8 Å². The van der Waals surface area contributed by atoms with Crippen LogP contribution in [0.15, 0.2) is 17.5 Å². The molecule has 0 aliphatic carbocycles. The Morgan fingerprint density at radius 3 is 2.14 bits per heavy atom. The molecule has 0 saturated heterocycles. The fourth-order valence-electron chi connectivity index (χ4n) is 3.00. The van der Waals surface area contributed by atoms with Crippen LogP contribution in [-0.2, 0) is 30.4 Å². The number of rotatable bonds is 16. The van der Waals surface area contributed by atoms with Crippen molar-refractivity contribution in [1.29, 1.82) is 0 Å². The number of aliphatic carboxylic acids is 2. The van der Waals surface area contributed by atoms with Gasteiger partial charge in [-0.15, -0.1) is 0 Å². The molecule has 5 atom stereocenters. The van der Waals surface area contributed by atoms with E-state index >= 15 is 0 Å². The predicted octanol–water partition coefficient (Wildman–Crippen LogP) is -4.27. The minimum atomic E-state index is -1.68. The number of aliphatic hydroxyl groups is 1. The van der Waals surface area contributed by atoms with Crippen LogP contribution in [0, 0.1) is 0 Å². The van der Waals surface area contributed by atoms with Crippen LogP contribution < -0.4 is 33.2 Å². The number of aliphatic imine (C=N–C) groups is 1. The highest BCUT2D eigenvalue weighted by molar-refractivity contribution is 5.95. The van der Waals surface area contributed by atoms with Crippen molar-refractivity contribution in [1.82, 2.24) is 25.9 Å². The highest BCUT2D eigenvalue weighted by Crippen LogP contribution is 2.05. The third-order valence-corrected chi connectivity index (χ3v) is 5.01. The molecule has 0 fully saturated rings. The van der Waals surface area contributed by atoms with E-state index in [4.69, 9.17) is 17.2 Å². The van der Waals surface area contributed by atoms with E-state index in [1.807, 2.05) is 0 Å². The minimum absolute atomic E-state index is 0.0820. The molecular formula is C20H33N9O8. The van der Waals surface area contributed by atoms with E-state index in [9.17, 15) is 39.3 Å². The molecule has 0 aromatic carbocycles. The van der Waals surface area contributed by atoms with Gasteiger partial charge in [-0.2, -0.15) is 0 Å².